The first kappa shape index (κ1) is 24.4. The fourth-order valence-electron chi connectivity index (χ4n) is 3.40. The Bertz CT molecular complexity index is 1430. The summed E-state index contributed by atoms with van der Waals surface area (Å²) in [5.41, 5.74) is 1.14. The summed E-state index contributed by atoms with van der Waals surface area (Å²) < 4.78 is 39.0. The largest absolute Gasteiger partial charge is 0.449 e. The topological polar surface area (TPSA) is 103 Å². The van der Waals surface area contributed by atoms with Crippen molar-refractivity contribution in [2.45, 2.75) is 24.8 Å². The number of hydrogen-bond donors (Lipinski definition) is 0. The minimum Gasteiger partial charge on any atom is -0.449 e. The first-order valence-corrected chi connectivity index (χ1v) is 12.6. The SMILES string of the molecule is CCN(c1ccccc1)S(=O)(=O)c1ccc(Cl)c(C(=O)O[C@H](C)c2nnc(-c3ccccc3)o2)c1. The summed E-state index contributed by atoms with van der Waals surface area (Å²) in [5.74, 6) is -0.435. The van der Waals surface area contributed by atoms with E-state index in [2.05, 4.69) is 10.2 Å². The van der Waals surface area contributed by atoms with Gasteiger partial charge in [-0.25, -0.2) is 13.2 Å². The lowest BCUT2D eigenvalue weighted by atomic mass is 10.2. The first-order valence-electron chi connectivity index (χ1n) is 10.8. The lowest BCUT2D eigenvalue weighted by Gasteiger charge is -2.23. The lowest BCUT2D eigenvalue weighted by Crippen LogP contribution is -2.30. The maximum Gasteiger partial charge on any atom is 0.340 e. The molecule has 0 aliphatic carbocycles. The summed E-state index contributed by atoms with van der Waals surface area (Å²) >= 11 is 6.22. The van der Waals surface area contributed by atoms with Crippen molar-refractivity contribution in [1.82, 2.24) is 10.2 Å². The van der Waals surface area contributed by atoms with Crippen molar-refractivity contribution < 1.29 is 22.4 Å². The van der Waals surface area contributed by atoms with Gasteiger partial charge in [0.05, 0.1) is 21.2 Å². The summed E-state index contributed by atoms with van der Waals surface area (Å²) in [6.07, 6.45) is -0.889. The van der Waals surface area contributed by atoms with Gasteiger partial charge in [-0.15, -0.1) is 10.2 Å². The van der Waals surface area contributed by atoms with Crippen LogP contribution in [0.4, 0.5) is 5.69 Å². The number of hydrogen-bond acceptors (Lipinski definition) is 7. The Morgan fingerprint density at radius 1 is 1.03 bits per heavy atom. The molecule has 4 aromatic rings. The number of carbonyl (C=O) groups is 1. The third-order valence-electron chi connectivity index (χ3n) is 5.17. The Morgan fingerprint density at radius 3 is 2.34 bits per heavy atom. The van der Waals surface area contributed by atoms with Gasteiger partial charge in [-0.3, -0.25) is 4.31 Å². The molecule has 35 heavy (non-hydrogen) atoms. The zero-order chi connectivity index (χ0) is 25.0. The molecule has 8 nitrogen and oxygen atoms in total. The zero-order valence-electron chi connectivity index (χ0n) is 19.0. The molecule has 0 saturated heterocycles. The predicted molar refractivity (Wildman–Crippen MR) is 132 cm³/mol. The Hall–Kier alpha value is -3.69. The van der Waals surface area contributed by atoms with Gasteiger partial charge in [0.1, 0.15) is 0 Å². The van der Waals surface area contributed by atoms with E-state index in [1.165, 1.54) is 22.5 Å². The zero-order valence-corrected chi connectivity index (χ0v) is 20.5. The number of carbonyl (C=O) groups excluding carboxylic acids is 1. The molecule has 0 radical (unpaired) electrons. The third-order valence-corrected chi connectivity index (χ3v) is 7.40. The number of rotatable bonds is 8. The standard InChI is InChI=1S/C25H22ClN3O5S/c1-3-29(19-12-8-5-9-13-19)35(31,32)20-14-15-22(26)21(16-20)25(30)33-17(2)23-27-28-24(34-23)18-10-6-4-7-11-18/h4-17H,3H2,1-2H3/t17-/m1/s1. The molecule has 10 heteroatoms. The highest BCUT2D eigenvalue weighted by atomic mass is 35.5. The molecule has 3 aromatic carbocycles. The summed E-state index contributed by atoms with van der Waals surface area (Å²) in [6, 6.07) is 21.8. The van der Waals surface area contributed by atoms with Crippen LogP contribution < -0.4 is 4.31 Å². The van der Waals surface area contributed by atoms with Crippen LogP contribution in [0.2, 0.25) is 5.02 Å². The van der Waals surface area contributed by atoms with Crippen LogP contribution in [0.15, 0.2) is 88.2 Å². The average Bonchev–Trinajstić information content (AvgIpc) is 3.36. The van der Waals surface area contributed by atoms with Gasteiger partial charge in [0.25, 0.3) is 15.9 Å². The van der Waals surface area contributed by atoms with Gasteiger partial charge < -0.3 is 9.15 Å². The summed E-state index contributed by atoms with van der Waals surface area (Å²) in [7, 11) is -3.96. The fourth-order valence-corrected chi connectivity index (χ4v) is 5.10. The fraction of sp³-hybridized carbons (Fsp3) is 0.160. The maximum absolute atomic E-state index is 13.3. The summed E-state index contributed by atoms with van der Waals surface area (Å²) in [6.45, 7) is 3.50. The molecule has 0 fully saturated rings. The molecule has 0 spiro atoms. The van der Waals surface area contributed by atoms with Gasteiger partial charge in [0.15, 0.2) is 6.10 Å². The lowest BCUT2D eigenvalue weighted by molar-refractivity contribution is 0.0280. The van der Waals surface area contributed by atoms with Gasteiger partial charge >= 0.3 is 5.97 Å². The van der Waals surface area contributed by atoms with E-state index in [0.29, 0.717) is 5.69 Å². The van der Waals surface area contributed by atoms with Crippen molar-refractivity contribution in [3.8, 4) is 11.5 Å². The number of halogens is 1. The van der Waals surface area contributed by atoms with E-state index in [4.69, 9.17) is 20.8 Å². The van der Waals surface area contributed by atoms with Crippen LogP contribution in [-0.2, 0) is 14.8 Å². The van der Waals surface area contributed by atoms with E-state index >= 15 is 0 Å². The minimum absolute atomic E-state index is 0.0550. The molecule has 0 bridgehead atoms. The third kappa shape index (κ3) is 5.21. The highest BCUT2D eigenvalue weighted by Crippen LogP contribution is 2.29. The average molecular weight is 512 g/mol. The van der Waals surface area contributed by atoms with Crippen molar-refractivity contribution in [1.29, 1.82) is 0 Å². The quantitative estimate of drug-likeness (QED) is 0.287. The molecule has 0 aliphatic rings. The van der Waals surface area contributed by atoms with Gasteiger partial charge in [0.2, 0.25) is 5.89 Å². The predicted octanol–water partition coefficient (Wildman–Crippen LogP) is 5.52. The van der Waals surface area contributed by atoms with E-state index in [0.717, 1.165) is 5.56 Å². The number of aromatic nitrogens is 2. The van der Waals surface area contributed by atoms with Crippen LogP contribution in [0.25, 0.3) is 11.5 Å². The maximum atomic E-state index is 13.3. The van der Waals surface area contributed by atoms with Crippen LogP contribution in [-0.4, -0.2) is 31.1 Å². The van der Waals surface area contributed by atoms with Gasteiger partial charge in [-0.2, -0.15) is 0 Å². The molecule has 0 amide bonds. The van der Waals surface area contributed by atoms with Crippen molar-refractivity contribution in [3.63, 3.8) is 0 Å². The van der Waals surface area contributed by atoms with Crippen LogP contribution in [0.1, 0.15) is 36.2 Å². The molecule has 1 atom stereocenters. The van der Waals surface area contributed by atoms with Crippen molar-refractivity contribution in [2.24, 2.45) is 0 Å². The highest BCUT2D eigenvalue weighted by molar-refractivity contribution is 7.92. The van der Waals surface area contributed by atoms with Crippen LogP contribution in [0.5, 0.6) is 0 Å². The number of esters is 1. The Balaban J connectivity index is 1.57. The highest BCUT2D eigenvalue weighted by Gasteiger charge is 2.27. The number of sulfonamides is 1. The molecular formula is C25H22ClN3O5S. The molecule has 0 saturated carbocycles. The minimum atomic E-state index is -3.96. The molecular weight excluding hydrogens is 490 g/mol. The first-order chi connectivity index (χ1) is 16.8. The summed E-state index contributed by atoms with van der Waals surface area (Å²) in [5, 5.41) is 8.00. The monoisotopic (exact) mass is 511 g/mol. The number of anilines is 1. The Kier molecular flexibility index (Phi) is 7.18. The van der Waals surface area contributed by atoms with E-state index in [1.54, 1.807) is 44.2 Å². The van der Waals surface area contributed by atoms with E-state index in [1.807, 2.05) is 30.3 Å². The van der Waals surface area contributed by atoms with Gasteiger partial charge in [-0.05, 0) is 56.3 Å². The molecule has 0 unspecified atom stereocenters. The Morgan fingerprint density at radius 2 is 1.69 bits per heavy atom. The van der Waals surface area contributed by atoms with Crippen LogP contribution in [0, 0.1) is 0 Å². The summed E-state index contributed by atoms with van der Waals surface area (Å²) in [4.78, 5) is 12.8. The Labute approximate surface area is 208 Å². The molecule has 0 N–H and O–H groups in total. The van der Waals surface area contributed by atoms with Crippen LogP contribution >= 0.6 is 11.6 Å². The second kappa shape index (κ2) is 10.3. The normalized spacial score (nSPS) is 12.2. The van der Waals surface area contributed by atoms with Crippen LogP contribution in [0.3, 0.4) is 0 Å². The second-order valence-corrected chi connectivity index (χ2v) is 9.78. The van der Waals surface area contributed by atoms with Crippen molar-refractivity contribution in [2.75, 3.05) is 10.8 Å². The van der Waals surface area contributed by atoms with E-state index in [-0.39, 0.29) is 33.8 Å². The number of para-hydroxylation sites is 1. The molecule has 1 aromatic heterocycles. The van der Waals surface area contributed by atoms with Gasteiger partial charge in [0, 0.05) is 12.1 Å². The van der Waals surface area contributed by atoms with E-state index < -0.39 is 22.1 Å². The van der Waals surface area contributed by atoms with Crippen molar-refractivity contribution >= 4 is 33.3 Å². The van der Waals surface area contributed by atoms with E-state index in [9.17, 15) is 13.2 Å². The van der Waals surface area contributed by atoms with Crippen molar-refractivity contribution in [3.05, 3.63) is 95.3 Å². The van der Waals surface area contributed by atoms with Gasteiger partial charge in [-0.1, -0.05) is 48.0 Å². The number of ether oxygens (including phenoxy) is 1. The molecule has 4 rings (SSSR count). The molecule has 1 heterocycles. The molecule has 0 aliphatic heterocycles. The smallest absolute Gasteiger partial charge is 0.340 e. The number of nitrogens with zero attached hydrogens (tertiary/aromatic N) is 3. The molecule has 180 valence electrons. The number of benzene rings is 3. The second-order valence-electron chi connectivity index (χ2n) is 7.51.